The number of halogens is 4. The van der Waals surface area contributed by atoms with Crippen LogP contribution in [0, 0.1) is 0 Å². The molecule has 2 aromatic rings. The minimum atomic E-state index is -4.39. The van der Waals surface area contributed by atoms with Crippen molar-refractivity contribution in [2.45, 2.75) is 26.1 Å². The predicted octanol–water partition coefficient (Wildman–Crippen LogP) is 4.38. The van der Waals surface area contributed by atoms with Crippen LogP contribution in [0.2, 0.25) is 0 Å². The fraction of sp³-hybridized carbons (Fsp3) is 0.357. The van der Waals surface area contributed by atoms with E-state index in [-0.39, 0.29) is 5.69 Å². The van der Waals surface area contributed by atoms with Crippen molar-refractivity contribution >= 4 is 21.6 Å². The van der Waals surface area contributed by atoms with Crippen molar-refractivity contribution in [3.8, 4) is 0 Å². The third-order valence-electron chi connectivity index (χ3n) is 3.08. The molecule has 1 aromatic heterocycles. The smallest absolute Gasteiger partial charge is 0.380 e. The number of anilines is 1. The van der Waals surface area contributed by atoms with E-state index in [1.807, 2.05) is 13.1 Å². The van der Waals surface area contributed by atoms with E-state index in [0.717, 1.165) is 23.7 Å². The Morgan fingerprint density at radius 1 is 1.33 bits per heavy atom. The molecule has 21 heavy (non-hydrogen) atoms. The Bertz CT molecular complexity index is 635. The van der Waals surface area contributed by atoms with Gasteiger partial charge in [-0.15, -0.1) is 0 Å². The molecular formula is C14H15BrF3N3. The summed E-state index contributed by atoms with van der Waals surface area (Å²) in [5, 5.41) is 7.13. The van der Waals surface area contributed by atoms with Gasteiger partial charge in [-0.3, -0.25) is 4.68 Å². The van der Waals surface area contributed by atoms with Crippen LogP contribution in [-0.2, 0) is 26.2 Å². The van der Waals surface area contributed by atoms with Gasteiger partial charge >= 0.3 is 6.18 Å². The second-order valence-electron chi connectivity index (χ2n) is 4.67. The molecule has 1 N–H and O–H groups in total. The van der Waals surface area contributed by atoms with E-state index in [1.54, 1.807) is 17.8 Å². The van der Waals surface area contributed by atoms with Crippen molar-refractivity contribution in [1.82, 2.24) is 9.78 Å². The standard InChI is InChI=1S/C14H15BrF3N3/c1-3-12-9(8-21(2)20-12)7-19-13-5-4-10(15)6-11(13)14(16,17)18/h4-6,8,19H,3,7H2,1-2H3. The van der Waals surface area contributed by atoms with Gasteiger partial charge < -0.3 is 5.32 Å². The lowest BCUT2D eigenvalue weighted by atomic mass is 10.1. The second-order valence-corrected chi connectivity index (χ2v) is 5.59. The molecule has 0 spiro atoms. The van der Waals surface area contributed by atoms with Gasteiger partial charge in [-0.1, -0.05) is 22.9 Å². The monoisotopic (exact) mass is 361 g/mol. The van der Waals surface area contributed by atoms with Crippen molar-refractivity contribution in [3.05, 3.63) is 45.7 Å². The maximum Gasteiger partial charge on any atom is 0.418 e. The first-order valence-corrected chi connectivity index (χ1v) is 7.22. The molecule has 0 amide bonds. The molecule has 1 heterocycles. The van der Waals surface area contributed by atoms with Gasteiger partial charge in [-0.25, -0.2) is 0 Å². The van der Waals surface area contributed by atoms with Gasteiger partial charge in [-0.05, 0) is 24.6 Å². The van der Waals surface area contributed by atoms with Gasteiger partial charge in [0.2, 0.25) is 0 Å². The Morgan fingerprint density at radius 2 is 2.05 bits per heavy atom. The summed E-state index contributed by atoms with van der Waals surface area (Å²) in [7, 11) is 1.80. The van der Waals surface area contributed by atoms with Crippen molar-refractivity contribution in [2.24, 2.45) is 7.05 Å². The highest BCUT2D eigenvalue weighted by molar-refractivity contribution is 9.10. The molecule has 7 heteroatoms. The SMILES string of the molecule is CCc1nn(C)cc1CNc1ccc(Br)cc1C(F)(F)F. The number of hydrogen-bond donors (Lipinski definition) is 1. The van der Waals surface area contributed by atoms with E-state index in [2.05, 4.69) is 26.3 Å². The van der Waals surface area contributed by atoms with Crippen LogP contribution in [0.5, 0.6) is 0 Å². The molecule has 0 radical (unpaired) electrons. The highest BCUT2D eigenvalue weighted by atomic mass is 79.9. The highest BCUT2D eigenvalue weighted by Gasteiger charge is 2.33. The molecule has 0 atom stereocenters. The summed E-state index contributed by atoms with van der Waals surface area (Å²) in [5.41, 5.74) is 1.17. The van der Waals surface area contributed by atoms with Gasteiger partial charge in [0.05, 0.1) is 11.3 Å². The molecular weight excluding hydrogens is 347 g/mol. The Balaban J connectivity index is 2.24. The van der Waals surface area contributed by atoms with Crippen LogP contribution in [-0.4, -0.2) is 9.78 Å². The normalized spacial score (nSPS) is 11.7. The molecule has 0 aliphatic heterocycles. The van der Waals surface area contributed by atoms with Crippen LogP contribution in [0.1, 0.15) is 23.7 Å². The molecule has 1 aromatic carbocycles. The van der Waals surface area contributed by atoms with Gasteiger partial charge in [0.25, 0.3) is 0 Å². The fourth-order valence-electron chi connectivity index (χ4n) is 2.12. The molecule has 2 rings (SSSR count). The van der Waals surface area contributed by atoms with Crippen LogP contribution < -0.4 is 5.32 Å². The van der Waals surface area contributed by atoms with E-state index in [4.69, 9.17) is 0 Å². The number of benzene rings is 1. The maximum atomic E-state index is 13.0. The number of hydrogen-bond acceptors (Lipinski definition) is 2. The number of nitrogens with zero attached hydrogens (tertiary/aromatic N) is 2. The van der Waals surface area contributed by atoms with Crippen molar-refractivity contribution < 1.29 is 13.2 Å². The number of rotatable bonds is 4. The molecule has 0 aliphatic carbocycles. The summed E-state index contributed by atoms with van der Waals surface area (Å²) in [6.07, 6.45) is -1.84. The molecule has 114 valence electrons. The molecule has 0 aliphatic rings. The third kappa shape index (κ3) is 3.78. The summed E-state index contributed by atoms with van der Waals surface area (Å²) in [5.74, 6) is 0. The molecule has 0 unspecified atom stereocenters. The van der Waals surface area contributed by atoms with Gasteiger partial charge in [0, 0.05) is 35.5 Å². The zero-order chi connectivity index (χ0) is 15.6. The van der Waals surface area contributed by atoms with E-state index in [9.17, 15) is 13.2 Å². The Morgan fingerprint density at radius 3 is 2.67 bits per heavy atom. The minimum Gasteiger partial charge on any atom is -0.380 e. The van der Waals surface area contributed by atoms with Crippen LogP contribution in [0.4, 0.5) is 18.9 Å². The number of aromatic nitrogens is 2. The Hall–Kier alpha value is -1.50. The lowest BCUT2D eigenvalue weighted by Gasteiger charge is -2.15. The van der Waals surface area contributed by atoms with Gasteiger partial charge in [-0.2, -0.15) is 18.3 Å². The first-order chi connectivity index (χ1) is 9.81. The minimum absolute atomic E-state index is 0.0663. The zero-order valence-electron chi connectivity index (χ0n) is 11.6. The van der Waals surface area contributed by atoms with Crippen LogP contribution >= 0.6 is 15.9 Å². The van der Waals surface area contributed by atoms with E-state index >= 15 is 0 Å². The van der Waals surface area contributed by atoms with Crippen LogP contribution in [0.15, 0.2) is 28.9 Å². The highest BCUT2D eigenvalue weighted by Crippen LogP contribution is 2.36. The molecule has 3 nitrogen and oxygen atoms in total. The number of nitrogens with one attached hydrogen (secondary N) is 1. The van der Waals surface area contributed by atoms with E-state index in [1.165, 1.54) is 6.07 Å². The molecule has 0 saturated carbocycles. The third-order valence-corrected chi connectivity index (χ3v) is 3.58. The Labute approximate surface area is 129 Å². The van der Waals surface area contributed by atoms with Crippen molar-refractivity contribution in [1.29, 1.82) is 0 Å². The molecule has 0 bridgehead atoms. The average Bonchev–Trinajstić information content (AvgIpc) is 2.76. The summed E-state index contributed by atoms with van der Waals surface area (Å²) < 4.78 is 41.1. The zero-order valence-corrected chi connectivity index (χ0v) is 13.2. The number of aryl methyl sites for hydroxylation is 2. The molecule has 0 saturated heterocycles. The maximum absolute atomic E-state index is 13.0. The van der Waals surface area contributed by atoms with Crippen LogP contribution in [0.3, 0.4) is 0 Å². The summed E-state index contributed by atoms with van der Waals surface area (Å²) >= 11 is 3.07. The second kappa shape index (κ2) is 6.09. The topological polar surface area (TPSA) is 29.9 Å². The van der Waals surface area contributed by atoms with Gasteiger partial charge in [0.15, 0.2) is 0 Å². The lowest BCUT2D eigenvalue weighted by Crippen LogP contribution is -2.11. The quantitative estimate of drug-likeness (QED) is 0.875. The predicted molar refractivity (Wildman–Crippen MR) is 79.1 cm³/mol. The van der Waals surface area contributed by atoms with Gasteiger partial charge in [0.1, 0.15) is 0 Å². The van der Waals surface area contributed by atoms with Crippen LogP contribution in [0.25, 0.3) is 0 Å². The summed E-state index contributed by atoms with van der Waals surface area (Å²) in [6, 6.07) is 4.09. The fourth-order valence-corrected chi connectivity index (χ4v) is 2.49. The van der Waals surface area contributed by atoms with E-state index in [0.29, 0.717) is 11.0 Å². The lowest BCUT2D eigenvalue weighted by molar-refractivity contribution is -0.137. The average molecular weight is 362 g/mol. The summed E-state index contributed by atoms with van der Waals surface area (Å²) in [4.78, 5) is 0. The summed E-state index contributed by atoms with van der Waals surface area (Å²) in [6.45, 7) is 2.27. The van der Waals surface area contributed by atoms with Crippen molar-refractivity contribution in [2.75, 3.05) is 5.32 Å². The van der Waals surface area contributed by atoms with Crippen molar-refractivity contribution in [3.63, 3.8) is 0 Å². The Kier molecular flexibility index (Phi) is 4.61. The number of alkyl halides is 3. The molecule has 0 fully saturated rings. The first kappa shape index (κ1) is 15.9. The van der Waals surface area contributed by atoms with E-state index < -0.39 is 11.7 Å². The largest absolute Gasteiger partial charge is 0.418 e. The first-order valence-electron chi connectivity index (χ1n) is 6.43.